The van der Waals surface area contributed by atoms with Gasteiger partial charge in [0.05, 0.1) is 12.3 Å². The van der Waals surface area contributed by atoms with Crippen molar-refractivity contribution in [1.29, 1.82) is 0 Å². The maximum atomic E-state index is 13.9. The van der Waals surface area contributed by atoms with Gasteiger partial charge in [0.15, 0.2) is 14.8 Å². The van der Waals surface area contributed by atoms with Crippen LogP contribution in [0.5, 0.6) is 5.75 Å². The molecule has 0 fully saturated rings. The third-order valence-corrected chi connectivity index (χ3v) is 8.18. The quantitative estimate of drug-likeness (QED) is 0.133. The maximum absolute atomic E-state index is 13.9. The number of pyridine rings is 1. The molecule has 3 heterocycles. The molecule has 0 aliphatic carbocycles. The van der Waals surface area contributed by atoms with Crippen LogP contribution >= 0.6 is 35.3 Å². The molecule has 2 aromatic carbocycles. The Morgan fingerprint density at radius 3 is 2.50 bits per heavy atom. The zero-order valence-corrected chi connectivity index (χ0v) is 22.5. The number of aromatic nitrogens is 4. The molecule has 0 amide bonds. The lowest BCUT2D eigenvalue weighted by atomic mass is 10.1. The van der Waals surface area contributed by atoms with Gasteiger partial charge in [0.25, 0.3) is 5.56 Å². The van der Waals surface area contributed by atoms with Gasteiger partial charge >= 0.3 is 0 Å². The van der Waals surface area contributed by atoms with E-state index in [1.165, 1.54) is 28.7 Å². The summed E-state index contributed by atoms with van der Waals surface area (Å²) in [5.41, 5.74) is 5.47. The van der Waals surface area contributed by atoms with Crippen molar-refractivity contribution < 1.29 is 4.74 Å². The second kappa shape index (κ2) is 10.4. The van der Waals surface area contributed by atoms with Crippen LogP contribution in [0.1, 0.15) is 23.6 Å². The van der Waals surface area contributed by atoms with Crippen LogP contribution in [-0.4, -0.2) is 25.7 Å². The van der Waals surface area contributed by atoms with Crippen LogP contribution in [-0.2, 0) is 5.75 Å². The van der Waals surface area contributed by atoms with Crippen LogP contribution in [0.15, 0.2) is 76.9 Å². The number of hydrogen-bond acceptors (Lipinski definition) is 7. The molecule has 0 saturated carbocycles. The molecule has 0 radical (unpaired) electrons. The summed E-state index contributed by atoms with van der Waals surface area (Å²) in [5, 5.41) is 0.589. The molecule has 0 unspecified atom stereocenters. The minimum Gasteiger partial charge on any atom is -0.494 e. The molecule has 0 bridgehead atoms. The summed E-state index contributed by atoms with van der Waals surface area (Å²) in [7, 11) is 0. The summed E-state index contributed by atoms with van der Waals surface area (Å²) >= 11 is 8.51. The van der Waals surface area contributed by atoms with Crippen molar-refractivity contribution in [2.75, 3.05) is 6.61 Å². The SMILES string of the molecule is CCOc1ccc(-n2c(SCc3cccnc3)nc3c(sc(=S)n3-c3ccc(C)c(C)c3)c2=O)cc1. The first-order valence-electron chi connectivity index (χ1n) is 11.5. The highest BCUT2D eigenvalue weighted by molar-refractivity contribution is 7.98. The number of nitrogens with zero attached hydrogens (tertiary/aromatic N) is 4. The molecule has 6 nitrogen and oxygen atoms in total. The van der Waals surface area contributed by atoms with Gasteiger partial charge in [0.2, 0.25) is 0 Å². The molecule has 3 aromatic heterocycles. The van der Waals surface area contributed by atoms with Crippen molar-refractivity contribution in [2.45, 2.75) is 31.7 Å². The molecule has 0 N–H and O–H groups in total. The Hall–Kier alpha value is -3.27. The lowest BCUT2D eigenvalue weighted by Gasteiger charge is -2.14. The summed E-state index contributed by atoms with van der Waals surface area (Å²) in [4.78, 5) is 23.1. The molecule has 0 saturated heterocycles. The summed E-state index contributed by atoms with van der Waals surface area (Å²) in [5.74, 6) is 1.38. The van der Waals surface area contributed by atoms with Crippen LogP contribution in [0.2, 0.25) is 0 Å². The average Bonchev–Trinajstić information content (AvgIpc) is 3.22. The average molecular weight is 533 g/mol. The molecule has 5 rings (SSSR count). The first kappa shape index (κ1) is 24.4. The van der Waals surface area contributed by atoms with Gasteiger partial charge in [-0.05, 0) is 92.1 Å². The van der Waals surface area contributed by atoms with Crippen molar-refractivity contribution >= 4 is 45.7 Å². The van der Waals surface area contributed by atoms with Gasteiger partial charge in [-0.25, -0.2) is 4.98 Å². The number of thioether (sulfide) groups is 1. The van der Waals surface area contributed by atoms with Crippen molar-refractivity contribution in [3.63, 3.8) is 0 Å². The van der Waals surface area contributed by atoms with E-state index in [1.54, 1.807) is 10.8 Å². The second-order valence-corrected chi connectivity index (χ2v) is 10.8. The fourth-order valence-corrected chi connectivity index (χ4v) is 6.08. The van der Waals surface area contributed by atoms with Crippen LogP contribution in [0.3, 0.4) is 0 Å². The van der Waals surface area contributed by atoms with E-state index < -0.39 is 0 Å². The minimum atomic E-state index is -0.142. The van der Waals surface area contributed by atoms with E-state index in [1.807, 2.05) is 60.2 Å². The number of hydrogen-bond donors (Lipinski definition) is 0. The normalized spacial score (nSPS) is 11.2. The largest absolute Gasteiger partial charge is 0.494 e. The lowest BCUT2D eigenvalue weighted by Crippen LogP contribution is -2.21. The minimum absolute atomic E-state index is 0.142. The Morgan fingerprint density at radius 2 is 1.81 bits per heavy atom. The van der Waals surface area contributed by atoms with Crippen LogP contribution in [0, 0.1) is 17.8 Å². The van der Waals surface area contributed by atoms with Crippen LogP contribution in [0.25, 0.3) is 21.7 Å². The molecule has 182 valence electrons. The fourth-order valence-electron chi connectivity index (χ4n) is 3.84. The molecule has 9 heteroatoms. The molecular weight excluding hydrogens is 509 g/mol. The lowest BCUT2D eigenvalue weighted by molar-refractivity contribution is 0.340. The molecule has 0 atom stereocenters. The Morgan fingerprint density at radius 1 is 1.03 bits per heavy atom. The Kier molecular flexibility index (Phi) is 7.04. The molecule has 36 heavy (non-hydrogen) atoms. The summed E-state index contributed by atoms with van der Waals surface area (Å²) in [6.45, 7) is 6.66. The summed E-state index contributed by atoms with van der Waals surface area (Å²) in [6, 6.07) is 17.6. The maximum Gasteiger partial charge on any atom is 0.278 e. The monoisotopic (exact) mass is 532 g/mol. The van der Waals surface area contributed by atoms with Crippen LogP contribution < -0.4 is 10.3 Å². The van der Waals surface area contributed by atoms with Crippen LogP contribution in [0.4, 0.5) is 0 Å². The predicted molar refractivity (Wildman–Crippen MR) is 150 cm³/mol. The smallest absolute Gasteiger partial charge is 0.278 e. The van der Waals surface area contributed by atoms with Gasteiger partial charge in [0, 0.05) is 23.8 Å². The standard InChI is InChI=1S/C27H24N4O2S3/c1-4-33-22-11-9-20(10-12-22)31-25(32)23-24(29-26(31)35-16-19-6-5-13-28-15-19)30(27(34)36-23)21-8-7-17(2)18(3)14-21/h5-15H,4,16H2,1-3H3. The first-order chi connectivity index (χ1) is 17.5. The van der Waals surface area contributed by atoms with Crippen molar-refractivity contribution in [2.24, 2.45) is 0 Å². The van der Waals surface area contributed by atoms with Gasteiger partial charge < -0.3 is 4.74 Å². The molecular formula is C27H24N4O2S3. The summed E-state index contributed by atoms with van der Waals surface area (Å²) < 4.78 is 10.3. The predicted octanol–water partition coefficient (Wildman–Crippen LogP) is 6.67. The first-order valence-corrected chi connectivity index (χ1v) is 13.7. The number of ether oxygens (including phenoxy) is 1. The highest BCUT2D eigenvalue weighted by Crippen LogP contribution is 2.30. The van der Waals surface area contributed by atoms with E-state index in [2.05, 4.69) is 31.0 Å². The second-order valence-electron chi connectivity index (χ2n) is 8.24. The zero-order valence-electron chi connectivity index (χ0n) is 20.1. The molecule has 0 aliphatic rings. The topological polar surface area (TPSA) is 61.9 Å². The van der Waals surface area contributed by atoms with E-state index in [0.717, 1.165) is 28.3 Å². The van der Waals surface area contributed by atoms with E-state index in [0.29, 0.717) is 31.8 Å². The van der Waals surface area contributed by atoms with Gasteiger partial charge in [-0.3, -0.25) is 18.9 Å². The number of thiazole rings is 1. The number of benzene rings is 2. The molecule has 0 aliphatic heterocycles. The van der Waals surface area contributed by atoms with Gasteiger partial charge in [-0.2, -0.15) is 0 Å². The number of rotatable bonds is 7. The molecule has 5 aromatic rings. The van der Waals surface area contributed by atoms with E-state index in [4.69, 9.17) is 21.9 Å². The Bertz CT molecular complexity index is 1660. The van der Waals surface area contributed by atoms with Crippen molar-refractivity contribution in [3.05, 3.63) is 98.0 Å². The summed E-state index contributed by atoms with van der Waals surface area (Å²) in [6.07, 6.45) is 3.57. The van der Waals surface area contributed by atoms with E-state index in [-0.39, 0.29) is 5.56 Å². The Labute approximate surface area is 222 Å². The van der Waals surface area contributed by atoms with Gasteiger partial charge in [-0.1, -0.05) is 35.2 Å². The third kappa shape index (κ3) is 4.74. The van der Waals surface area contributed by atoms with Crippen molar-refractivity contribution in [3.8, 4) is 17.1 Å². The van der Waals surface area contributed by atoms with E-state index >= 15 is 0 Å². The fraction of sp³-hybridized carbons (Fsp3) is 0.185. The Balaban J connectivity index is 1.70. The van der Waals surface area contributed by atoms with Crippen molar-refractivity contribution in [1.82, 2.24) is 19.1 Å². The van der Waals surface area contributed by atoms with Gasteiger partial charge in [0.1, 0.15) is 10.4 Å². The number of aryl methyl sites for hydroxylation is 2. The highest BCUT2D eigenvalue weighted by atomic mass is 32.2. The third-order valence-electron chi connectivity index (χ3n) is 5.82. The zero-order chi connectivity index (χ0) is 25.2. The number of fused-ring (bicyclic) bond motifs is 1. The van der Waals surface area contributed by atoms with E-state index in [9.17, 15) is 4.79 Å². The highest BCUT2D eigenvalue weighted by Gasteiger charge is 2.19. The molecule has 0 spiro atoms. The van der Waals surface area contributed by atoms with Gasteiger partial charge in [-0.15, -0.1) is 0 Å².